The van der Waals surface area contributed by atoms with Gasteiger partial charge in [-0.1, -0.05) is 52.8 Å². The average molecular weight is 555 g/mol. The molecule has 40 heavy (non-hydrogen) atoms. The first-order chi connectivity index (χ1) is 18.8. The summed E-state index contributed by atoms with van der Waals surface area (Å²) < 4.78 is 11.3. The SMILES string of the molecule is C=C(C)C(/C=C\C(C)=C(CCC)/C(NC(=C/C)/N=C(\C=C\CC)OC1CC1)=C(/C)N)=N/C(=O)OC(C)(C)C.CC. The lowest BCUT2D eigenvalue weighted by Crippen LogP contribution is -2.22. The van der Waals surface area contributed by atoms with Crippen LogP contribution in [0, 0.1) is 0 Å². The maximum atomic E-state index is 12.3. The normalized spacial score (nSPS) is 16.2. The predicted octanol–water partition coefficient (Wildman–Crippen LogP) is 8.82. The molecule has 1 saturated carbocycles. The molecule has 0 spiro atoms. The van der Waals surface area contributed by atoms with E-state index >= 15 is 0 Å². The minimum atomic E-state index is -0.646. The van der Waals surface area contributed by atoms with Gasteiger partial charge in [0.2, 0.25) is 5.90 Å². The van der Waals surface area contributed by atoms with E-state index in [1.54, 1.807) is 33.8 Å². The Hall–Kier alpha value is -3.35. The van der Waals surface area contributed by atoms with Gasteiger partial charge in [0.05, 0.1) is 11.4 Å². The molecule has 224 valence electrons. The second kappa shape index (κ2) is 18.9. The molecule has 0 aliphatic heterocycles. The van der Waals surface area contributed by atoms with Crippen LogP contribution in [0.3, 0.4) is 0 Å². The van der Waals surface area contributed by atoms with E-state index < -0.39 is 11.7 Å². The van der Waals surface area contributed by atoms with Crippen LogP contribution in [0.15, 0.2) is 80.9 Å². The number of nitrogens with zero attached hydrogens (tertiary/aromatic N) is 2. The molecule has 0 aromatic rings. The number of carbonyl (C=O) groups is 1. The number of hydrogen-bond acceptors (Lipinski definition) is 6. The van der Waals surface area contributed by atoms with Crippen LogP contribution in [0.4, 0.5) is 4.79 Å². The van der Waals surface area contributed by atoms with E-state index in [0.29, 0.717) is 28.7 Å². The number of hydrogen-bond donors (Lipinski definition) is 2. The van der Waals surface area contributed by atoms with E-state index in [2.05, 4.69) is 30.7 Å². The van der Waals surface area contributed by atoms with Gasteiger partial charge in [0.25, 0.3) is 0 Å². The van der Waals surface area contributed by atoms with Crippen molar-refractivity contribution in [2.75, 3.05) is 0 Å². The molecule has 1 aliphatic carbocycles. The number of nitrogens with one attached hydrogen (secondary N) is 1. The molecular weight excluding hydrogens is 500 g/mol. The highest BCUT2D eigenvalue weighted by Crippen LogP contribution is 2.25. The fourth-order valence-electron chi connectivity index (χ4n) is 3.23. The van der Waals surface area contributed by atoms with E-state index in [1.807, 2.05) is 58.9 Å². The van der Waals surface area contributed by atoms with Crippen LogP contribution in [-0.2, 0) is 9.47 Å². The zero-order chi connectivity index (χ0) is 30.9. The Bertz CT molecular complexity index is 1060. The standard InChI is InChI=1S/C31H48N4O3.C2H6/c1-11-14-16-28(37-24-18-19-24)34-27(13-3)35-29(23(7)32)25(15-12-2)22(6)17-20-26(21(4)5)33-30(36)38-31(8,9)10;1-2/h13-14,16-17,20,24,35H,4,11-12,15,18-19,32H2,1-3,5-10H3;1-2H3/b16-14+,20-17-,25-22-,27-13+,29-23+,33-26+,34-28+;. The third-order valence-electron chi connectivity index (χ3n) is 5.27. The van der Waals surface area contributed by atoms with E-state index in [1.165, 1.54) is 0 Å². The van der Waals surface area contributed by atoms with Gasteiger partial charge in [0, 0.05) is 5.70 Å². The number of ether oxygens (including phenoxy) is 2. The van der Waals surface area contributed by atoms with Gasteiger partial charge in [-0.05, 0) is 109 Å². The number of allylic oxidation sites excluding steroid dienone is 8. The quantitative estimate of drug-likeness (QED) is 0.143. The molecule has 0 saturated heterocycles. The Morgan fingerprint density at radius 2 is 1.70 bits per heavy atom. The highest BCUT2D eigenvalue weighted by Gasteiger charge is 2.24. The van der Waals surface area contributed by atoms with E-state index in [-0.39, 0.29) is 6.10 Å². The van der Waals surface area contributed by atoms with Crippen molar-refractivity contribution in [1.82, 2.24) is 5.32 Å². The topological polar surface area (TPSA) is 98.3 Å². The summed E-state index contributed by atoms with van der Waals surface area (Å²) >= 11 is 0. The van der Waals surface area contributed by atoms with Crippen LogP contribution in [-0.4, -0.2) is 29.4 Å². The van der Waals surface area contributed by atoms with Crippen molar-refractivity contribution in [3.05, 3.63) is 70.9 Å². The Morgan fingerprint density at radius 1 is 1.07 bits per heavy atom. The van der Waals surface area contributed by atoms with Crippen LogP contribution in [0.2, 0.25) is 0 Å². The smallest absolute Gasteiger partial charge is 0.434 e. The maximum absolute atomic E-state index is 12.3. The van der Waals surface area contributed by atoms with E-state index in [0.717, 1.165) is 48.9 Å². The molecular formula is C33H54N4O3. The number of amides is 1. The fraction of sp³-hybridized carbons (Fsp3) is 0.545. The lowest BCUT2D eigenvalue weighted by atomic mass is 9.98. The highest BCUT2D eigenvalue weighted by atomic mass is 16.6. The Kier molecular flexibility index (Phi) is 17.3. The summed E-state index contributed by atoms with van der Waals surface area (Å²) in [5.74, 6) is 1.24. The molecule has 0 radical (unpaired) electrons. The molecule has 0 unspecified atom stereocenters. The summed E-state index contributed by atoms with van der Waals surface area (Å²) in [6, 6.07) is 0. The largest absolute Gasteiger partial charge is 0.474 e. The van der Waals surface area contributed by atoms with Gasteiger partial charge in [-0.25, -0.2) is 4.79 Å². The summed E-state index contributed by atoms with van der Waals surface area (Å²) in [5, 5.41) is 3.44. The van der Waals surface area contributed by atoms with Gasteiger partial charge in [-0.15, -0.1) is 0 Å². The summed E-state index contributed by atoms with van der Waals surface area (Å²) in [4.78, 5) is 21.1. The molecule has 1 amide bonds. The summed E-state index contributed by atoms with van der Waals surface area (Å²) in [6.45, 7) is 25.2. The maximum Gasteiger partial charge on any atom is 0.434 e. The van der Waals surface area contributed by atoms with Gasteiger partial charge in [-0.3, -0.25) is 0 Å². The Morgan fingerprint density at radius 3 is 2.15 bits per heavy atom. The second-order valence-electron chi connectivity index (χ2n) is 10.4. The number of rotatable bonds is 12. The highest BCUT2D eigenvalue weighted by molar-refractivity contribution is 6.11. The molecule has 1 fully saturated rings. The van der Waals surface area contributed by atoms with Crippen molar-refractivity contribution in [3.8, 4) is 0 Å². The molecule has 0 aromatic carbocycles. The Labute approximate surface area is 243 Å². The van der Waals surface area contributed by atoms with Gasteiger partial charge < -0.3 is 20.5 Å². The first-order valence-electron chi connectivity index (χ1n) is 14.5. The molecule has 1 rings (SSSR count). The predicted molar refractivity (Wildman–Crippen MR) is 171 cm³/mol. The summed E-state index contributed by atoms with van der Waals surface area (Å²) in [7, 11) is 0. The molecule has 7 heteroatoms. The van der Waals surface area contributed by atoms with Crippen LogP contribution >= 0.6 is 0 Å². The van der Waals surface area contributed by atoms with Crippen LogP contribution in [0.1, 0.15) is 108 Å². The van der Waals surface area contributed by atoms with Crippen molar-refractivity contribution in [2.24, 2.45) is 15.7 Å². The lowest BCUT2D eigenvalue weighted by molar-refractivity contribution is 0.0604. The third-order valence-corrected chi connectivity index (χ3v) is 5.27. The van der Waals surface area contributed by atoms with Crippen LogP contribution in [0.5, 0.6) is 0 Å². The van der Waals surface area contributed by atoms with Crippen molar-refractivity contribution in [2.45, 2.75) is 120 Å². The zero-order valence-corrected chi connectivity index (χ0v) is 26.9. The monoisotopic (exact) mass is 554 g/mol. The molecule has 0 aromatic heterocycles. The Balaban J connectivity index is 0.00000742. The van der Waals surface area contributed by atoms with Gasteiger partial charge in [0.15, 0.2) is 0 Å². The van der Waals surface area contributed by atoms with Gasteiger partial charge >= 0.3 is 6.09 Å². The molecule has 1 aliphatic rings. The second-order valence-corrected chi connectivity index (χ2v) is 10.4. The van der Waals surface area contributed by atoms with Gasteiger partial charge in [-0.2, -0.15) is 9.98 Å². The molecule has 0 atom stereocenters. The first kappa shape index (κ1) is 36.6. The van der Waals surface area contributed by atoms with Crippen molar-refractivity contribution >= 4 is 17.7 Å². The lowest BCUT2D eigenvalue weighted by Gasteiger charge is -2.19. The molecule has 0 heterocycles. The number of carbonyl (C=O) groups excluding carboxylic acids is 1. The summed E-state index contributed by atoms with van der Waals surface area (Å²) in [6.07, 6.45) is 13.9. The minimum absolute atomic E-state index is 0.243. The minimum Gasteiger partial charge on any atom is -0.474 e. The zero-order valence-electron chi connectivity index (χ0n) is 26.9. The fourth-order valence-corrected chi connectivity index (χ4v) is 3.23. The number of nitrogens with two attached hydrogens (primary N) is 1. The average Bonchev–Trinajstić information content (AvgIpc) is 3.69. The first-order valence-corrected chi connectivity index (χ1v) is 14.5. The molecule has 0 bridgehead atoms. The van der Waals surface area contributed by atoms with Crippen molar-refractivity contribution in [1.29, 1.82) is 0 Å². The third kappa shape index (κ3) is 15.3. The van der Waals surface area contributed by atoms with Crippen molar-refractivity contribution < 1.29 is 14.3 Å². The van der Waals surface area contributed by atoms with Crippen LogP contribution < -0.4 is 11.1 Å². The van der Waals surface area contributed by atoms with Gasteiger partial charge in [0.1, 0.15) is 17.5 Å². The van der Waals surface area contributed by atoms with E-state index in [4.69, 9.17) is 20.2 Å². The molecule has 3 N–H and O–H groups in total. The summed E-state index contributed by atoms with van der Waals surface area (Å²) in [5.41, 5.74) is 10.4. The van der Waals surface area contributed by atoms with Crippen molar-refractivity contribution in [3.63, 3.8) is 0 Å². The number of aliphatic imine (C=N–C) groups is 2. The van der Waals surface area contributed by atoms with Crippen LogP contribution in [0.25, 0.3) is 0 Å². The van der Waals surface area contributed by atoms with E-state index in [9.17, 15) is 4.79 Å². The molecule has 7 nitrogen and oxygen atoms in total.